The number of hydrogen-bond donors (Lipinski definition) is 0. The molecule has 0 saturated carbocycles. The van der Waals surface area contributed by atoms with E-state index in [2.05, 4.69) is 41.7 Å². The maximum absolute atomic E-state index is 11.5. The van der Waals surface area contributed by atoms with Gasteiger partial charge >= 0.3 is 6.09 Å². The zero-order valence-electron chi connectivity index (χ0n) is 9.11. The van der Waals surface area contributed by atoms with Gasteiger partial charge in [-0.3, -0.25) is 0 Å². The van der Waals surface area contributed by atoms with Gasteiger partial charge in [-0.25, -0.2) is 14.3 Å². The first-order valence-electron chi connectivity index (χ1n) is 4.71. The van der Waals surface area contributed by atoms with Crippen LogP contribution >= 0.6 is 15.9 Å². The summed E-state index contributed by atoms with van der Waals surface area (Å²) in [6.45, 7) is 6.27. The van der Waals surface area contributed by atoms with E-state index in [-0.39, 0.29) is 10.4 Å². The van der Waals surface area contributed by atoms with Crippen molar-refractivity contribution in [2.75, 3.05) is 0 Å². The first kappa shape index (κ1) is 12.2. The highest BCUT2D eigenvalue weighted by atomic mass is 79.9. The number of rotatable bonds is 2. The third-order valence-electron chi connectivity index (χ3n) is 1.72. The largest absolute Gasteiger partial charge is 0.434 e. The number of carbonyl (C=O) groups is 1. The van der Waals surface area contributed by atoms with Crippen molar-refractivity contribution in [1.29, 1.82) is 0 Å². The van der Waals surface area contributed by atoms with Gasteiger partial charge in [0, 0.05) is 12.4 Å². The molecule has 0 radical (unpaired) electrons. The van der Waals surface area contributed by atoms with Crippen molar-refractivity contribution in [3.63, 3.8) is 0 Å². The topological polar surface area (TPSA) is 44.1 Å². The molecule has 1 aromatic heterocycles. The summed E-state index contributed by atoms with van der Waals surface area (Å²) in [7, 11) is 0. The van der Waals surface area contributed by atoms with Gasteiger partial charge in [-0.1, -0.05) is 20.8 Å². The van der Waals surface area contributed by atoms with Crippen LogP contribution in [0.3, 0.4) is 0 Å². The van der Waals surface area contributed by atoms with E-state index < -0.39 is 6.09 Å². The van der Waals surface area contributed by atoms with Crippen LogP contribution in [0.1, 0.15) is 27.2 Å². The normalized spacial score (nSPS) is 13.6. The molecule has 1 rings (SSSR count). The van der Waals surface area contributed by atoms with E-state index in [0.717, 1.165) is 6.42 Å². The SMILES string of the molecule is CC(C)(C)CC(Br)OC(=O)n1ccnc1. The maximum Gasteiger partial charge on any atom is 0.420 e. The quantitative estimate of drug-likeness (QED) is 0.779. The number of halogens is 1. The van der Waals surface area contributed by atoms with Crippen LogP contribution in [0, 0.1) is 5.41 Å². The molecule has 0 aromatic carbocycles. The van der Waals surface area contributed by atoms with Crippen molar-refractivity contribution in [1.82, 2.24) is 9.55 Å². The molecule has 5 heteroatoms. The van der Waals surface area contributed by atoms with Crippen molar-refractivity contribution in [3.8, 4) is 0 Å². The average Bonchev–Trinajstić information content (AvgIpc) is 2.50. The monoisotopic (exact) mass is 274 g/mol. The predicted molar refractivity (Wildman–Crippen MR) is 60.9 cm³/mol. The summed E-state index contributed by atoms with van der Waals surface area (Å²) in [4.78, 5) is 15.2. The lowest BCUT2D eigenvalue weighted by Gasteiger charge is -2.21. The molecule has 0 spiro atoms. The molecule has 4 nitrogen and oxygen atoms in total. The van der Waals surface area contributed by atoms with E-state index in [1.807, 2.05) is 0 Å². The Bertz CT molecular complexity index is 317. The van der Waals surface area contributed by atoms with Crippen LogP contribution in [0.25, 0.3) is 0 Å². The molecule has 0 bridgehead atoms. The smallest absolute Gasteiger partial charge is 0.420 e. The maximum atomic E-state index is 11.5. The summed E-state index contributed by atoms with van der Waals surface area (Å²) in [6.07, 6.45) is 4.85. The third-order valence-corrected chi connectivity index (χ3v) is 2.23. The number of nitrogens with zero attached hydrogens (tertiary/aromatic N) is 2. The molecule has 0 aliphatic heterocycles. The second kappa shape index (κ2) is 4.79. The average molecular weight is 275 g/mol. The fourth-order valence-corrected chi connectivity index (χ4v) is 2.19. The van der Waals surface area contributed by atoms with Crippen LogP contribution in [0.4, 0.5) is 4.79 Å². The molecule has 0 N–H and O–H groups in total. The lowest BCUT2D eigenvalue weighted by Crippen LogP contribution is -2.21. The van der Waals surface area contributed by atoms with Crippen LogP contribution in [-0.4, -0.2) is 20.7 Å². The van der Waals surface area contributed by atoms with Gasteiger partial charge in [-0.05, 0) is 27.8 Å². The van der Waals surface area contributed by atoms with E-state index in [9.17, 15) is 4.79 Å². The molecular weight excluding hydrogens is 260 g/mol. The van der Waals surface area contributed by atoms with Crippen LogP contribution in [0.15, 0.2) is 18.7 Å². The minimum atomic E-state index is -0.418. The first-order chi connectivity index (χ1) is 6.88. The van der Waals surface area contributed by atoms with Gasteiger partial charge < -0.3 is 4.74 Å². The second-order valence-electron chi connectivity index (χ2n) is 4.53. The van der Waals surface area contributed by atoms with Gasteiger partial charge in [0.1, 0.15) is 6.33 Å². The van der Waals surface area contributed by atoms with Crippen molar-refractivity contribution in [2.45, 2.75) is 32.2 Å². The summed E-state index contributed by atoms with van der Waals surface area (Å²) in [6, 6.07) is 0. The lowest BCUT2D eigenvalue weighted by molar-refractivity contribution is 0.120. The highest BCUT2D eigenvalue weighted by Gasteiger charge is 2.20. The van der Waals surface area contributed by atoms with Gasteiger partial charge in [-0.2, -0.15) is 0 Å². The van der Waals surface area contributed by atoms with Crippen LogP contribution in [0.5, 0.6) is 0 Å². The van der Waals surface area contributed by atoms with E-state index in [0.29, 0.717) is 0 Å². The molecule has 1 unspecified atom stereocenters. The van der Waals surface area contributed by atoms with Crippen LogP contribution in [-0.2, 0) is 4.74 Å². The fourth-order valence-electron chi connectivity index (χ4n) is 1.06. The van der Waals surface area contributed by atoms with Crippen LogP contribution in [0.2, 0.25) is 0 Å². The third kappa shape index (κ3) is 4.46. The number of alkyl halides is 1. The number of ether oxygens (including phenoxy) is 1. The zero-order valence-corrected chi connectivity index (χ0v) is 10.7. The Morgan fingerprint density at radius 2 is 2.27 bits per heavy atom. The van der Waals surface area contributed by atoms with Gasteiger partial charge in [-0.15, -0.1) is 0 Å². The van der Waals surface area contributed by atoms with Crippen molar-refractivity contribution in [3.05, 3.63) is 18.7 Å². The molecule has 0 saturated heterocycles. The summed E-state index contributed by atoms with van der Waals surface area (Å²) < 4.78 is 6.47. The Morgan fingerprint density at radius 1 is 1.60 bits per heavy atom. The highest BCUT2D eigenvalue weighted by Crippen LogP contribution is 2.25. The molecule has 0 aliphatic rings. The fraction of sp³-hybridized carbons (Fsp3) is 0.600. The number of hydrogen-bond acceptors (Lipinski definition) is 3. The molecule has 0 amide bonds. The second-order valence-corrected chi connectivity index (χ2v) is 5.55. The summed E-state index contributed by atoms with van der Waals surface area (Å²) in [5, 5.41) is -0.271. The molecule has 0 fully saturated rings. The molecule has 0 aliphatic carbocycles. The Hall–Kier alpha value is -0.840. The molecule has 84 valence electrons. The molecule has 15 heavy (non-hydrogen) atoms. The Morgan fingerprint density at radius 3 is 2.73 bits per heavy atom. The van der Waals surface area contributed by atoms with Gasteiger partial charge in [0.25, 0.3) is 0 Å². The zero-order chi connectivity index (χ0) is 11.5. The Kier molecular flexibility index (Phi) is 3.90. The predicted octanol–water partition coefficient (Wildman–Crippen LogP) is 3.03. The Labute approximate surface area is 97.8 Å². The summed E-state index contributed by atoms with van der Waals surface area (Å²) in [5.74, 6) is 0. The summed E-state index contributed by atoms with van der Waals surface area (Å²) >= 11 is 3.32. The van der Waals surface area contributed by atoms with Crippen molar-refractivity contribution < 1.29 is 9.53 Å². The van der Waals surface area contributed by atoms with E-state index in [1.54, 1.807) is 6.20 Å². The molecule has 1 atom stereocenters. The standard InChI is InChI=1S/C10H15BrN2O2/c1-10(2,3)6-8(11)15-9(14)13-5-4-12-7-13/h4-5,7-8H,6H2,1-3H3. The minimum Gasteiger partial charge on any atom is -0.434 e. The minimum absolute atomic E-state index is 0.114. The first-order valence-corrected chi connectivity index (χ1v) is 5.63. The van der Waals surface area contributed by atoms with E-state index in [1.165, 1.54) is 17.1 Å². The summed E-state index contributed by atoms with van der Waals surface area (Å²) in [5.41, 5.74) is 0.114. The van der Waals surface area contributed by atoms with Gasteiger partial charge in [0.05, 0.1) is 0 Å². The van der Waals surface area contributed by atoms with Gasteiger partial charge in [0.2, 0.25) is 0 Å². The van der Waals surface area contributed by atoms with Crippen molar-refractivity contribution in [2.24, 2.45) is 5.41 Å². The molecule has 1 heterocycles. The Balaban J connectivity index is 2.45. The van der Waals surface area contributed by atoms with Crippen LogP contribution < -0.4 is 0 Å². The van der Waals surface area contributed by atoms with E-state index in [4.69, 9.17) is 4.74 Å². The number of imidazole rings is 1. The number of aromatic nitrogens is 2. The van der Waals surface area contributed by atoms with E-state index >= 15 is 0 Å². The number of carbonyl (C=O) groups excluding carboxylic acids is 1. The van der Waals surface area contributed by atoms with Gasteiger partial charge in [0.15, 0.2) is 5.01 Å². The lowest BCUT2D eigenvalue weighted by atomic mass is 9.93. The van der Waals surface area contributed by atoms with Crippen molar-refractivity contribution >= 4 is 22.0 Å². The molecule has 1 aromatic rings. The molecular formula is C10H15BrN2O2. The highest BCUT2D eigenvalue weighted by molar-refractivity contribution is 9.09.